The Morgan fingerprint density at radius 1 is 1.03 bits per heavy atom. The Bertz CT molecular complexity index is 1650. The van der Waals surface area contributed by atoms with Gasteiger partial charge in [-0.15, -0.1) is 0 Å². The number of hydrogen-bond donors (Lipinski definition) is 4. The summed E-state index contributed by atoms with van der Waals surface area (Å²) in [7, 11) is 3.42. The largest absolute Gasteiger partial charge is 0.491 e. The molecule has 0 aliphatic carbocycles. The zero-order valence-corrected chi connectivity index (χ0v) is 21.2. The maximum absolute atomic E-state index is 12.1. The molecule has 5 rings (SSSR count). The number of nitrogens with one attached hydrogen (secondary N) is 2. The van der Waals surface area contributed by atoms with Crippen molar-refractivity contribution in [3.63, 3.8) is 0 Å². The number of rotatable bonds is 10. The van der Waals surface area contributed by atoms with Crippen molar-refractivity contribution in [3.05, 3.63) is 100 Å². The van der Waals surface area contributed by atoms with Gasteiger partial charge in [0.25, 0.3) is 0 Å². The molecule has 9 heteroatoms. The van der Waals surface area contributed by atoms with Crippen LogP contribution in [-0.2, 0) is 31.9 Å². The van der Waals surface area contributed by atoms with Crippen LogP contribution in [0.15, 0.2) is 77.7 Å². The van der Waals surface area contributed by atoms with Crippen molar-refractivity contribution >= 4 is 27.9 Å². The first-order chi connectivity index (χ1) is 18.3. The number of aromatic nitrogens is 3. The number of hydrogen-bond acceptors (Lipinski definition) is 5. The lowest BCUT2D eigenvalue weighted by atomic mass is 10.0. The number of carboxylic acid groups (broad SMARTS) is 1. The highest BCUT2D eigenvalue weighted by Crippen LogP contribution is 2.22. The van der Waals surface area contributed by atoms with E-state index in [4.69, 9.17) is 4.74 Å². The van der Waals surface area contributed by atoms with Gasteiger partial charge in [-0.2, -0.15) is 0 Å². The van der Waals surface area contributed by atoms with Crippen molar-refractivity contribution in [2.45, 2.75) is 25.1 Å². The summed E-state index contributed by atoms with van der Waals surface area (Å²) in [4.78, 5) is 27.2. The van der Waals surface area contributed by atoms with Gasteiger partial charge in [0.2, 0.25) is 0 Å². The first-order valence-electron chi connectivity index (χ1n) is 12.4. The minimum Gasteiger partial charge on any atom is -0.491 e. The quantitative estimate of drug-likeness (QED) is 0.227. The van der Waals surface area contributed by atoms with Gasteiger partial charge in [0.05, 0.1) is 11.0 Å². The molecule has 5 aromatic rings. The lowest BCUT2D eigenvalue weighted by Crippen LogP contribution is -2.38. The third kappa shape index (κ3) is 5.06. The topological polar surface area (TPSA) is 122 Å². The minimum absolute atomic E-state index is 0.0512. The third-order valence-electron chi connectivity index (χ3n) is 6.96. The third-order valence-corrected chi connectivity index (χ3v) is 6.96. The molecule has 0 saturated carbocycles. The Morgan fingerprint density at radius 2 is 1.76 bits per heavy atom. The smallest absolute Gasteiger partial charge is 0.328 e. The van der Waals surface area contributed by atoms with Crippen LogP contribution < -0.4 is 15.7 Å². The fourth-order valence-electron chi connectivity index (χ4n) is 4.71. The number of para-hydroxylation sites is 1. The highest BCUT2D eigenvalue weighted by Gasteiger charge is 2.19. The molecule has 0 fully saturated rings. The van der Waals surface area contributed by atoms with Gasteiger partial charge in [0.15, 0.2) is 0 Å². The van der Waals surface area contributed by atoms with Gasteiger partial charge in [0, 0.05) is 44.2 Å². The predicted molar refractivity (Wildman–Crippen MR) is 145 cm³/mol. The summed E-state index contributed by atoms with van der Waals surface area (Å²) in [5.74, 6) is -0.312. The standard InChI is InChI=1S/C29H30N4O5/c1-32-25-12-9-19(14-26(25)33(2)29(32)37)27(34)17-38-21-10-7-18(8-11-21)15-30-24(28(35)36)13-20-16-31-23-6-4-3-5-22(20)23/h3-12,14,16,24,27,30-31,34H,13,15,17H2,1-2H3,(H,35,36)/t24-,27+/m0/s1. The molecule has 0 amide bonds. The molecule has 0 unspecified atom stereocenters. The number of benzene rings is 3. The van der Waals surface area contributed by atoms with Crippen LogP contribution in [-0.4, -0.2) is 42.9 Å². The number of aliphatic hydroxyl groups excluding tert-OH is 1. The molecule has 0 aliphatic rings. The Hall–Kier alpha value is -4.34. The number of carboxylic acids is 1. The highest BCUT2D eigenvalue weighted by molar-refractivity contribution is 5.84. The molecule has 0 radical (unpaired) electrons. The first-order valence-corrected chi connectivity index (χ1v) is 12.4. The summed E-state index contributed by atoms with van der Waals surface area (Å²) >= 11 is 0. The second-order valence-corrected chi connectivity index (χ2v) is 9.45. The van der Waals surface area contributed by atoms with Crippen LogP contribution >= 0.6 is 0 Å². The van der Waals surface area contributed by atoms with Gasteiger partial charge in [-0.05, 0) is 47.0 Å². The van der Waals surface area contributed by atoms with E-state index in [0.717, 1.165) is 33.1 Å². The van der Waals surface area contributed by atoms with Crippen LogP contribution in [0, 0.1) is 0 Å². The van der Waals surface area contributed by atoms with Gasteiger partial charge in [0.1, 0.15) is 24.5 Å². The first kappa shape index (κ1) is 25.3. The van der Waals surface area contributed by atoms with Crippen LogP contribution in [0.2, 0.25) is 0 Å². The number of aryl methyl sites for hydroxylation is 2. The van der Waals surface area contributed by atoms with Crippen LogP contribution in [0.1, 0.15) is 22.8 Å². The monoisotopic (exact) mass is 514 g/mol. The molecule has 0 saturated heterocycles. The van der Waals surface area contributed by atoms with Crippen LogP contribution in [0.3, 0.4) is 0 Å². The van der Waals surface area contributed by atoms with E-state index in [1.165, 1.54) is 0 Å². The lowest BCUT2D eigenvalue weighted by molar-refractivity contribution is -0.139. The van der Waals surface area contributed by atoms with Crippen molar-refractivity contribution in [1.82, 2.24) is 19.4 Å². The Balaban J connectivity index is 1.17. The van der Waals surface area contributed by atoms with Gasteiger partial charge < -0.3 is 25.3 Å². The maximum atomic E-state index is 12.1. The van der Waals surface area contributed by atoms with Crippen LogP contribution in [0.25, 0.3) is 21.9 Å². The van der Waals surface area contributed by atoms with Crippen molar-refractivity contribution < 1.29 is 19.7 Å². The molecule has 4 N–H and O–H groups in total. The molecular weight excluding hydrogens is 484 g/mol. The van der Waals surface area contributed by atoms with E-state index < -0.39 is 18.1 Å². The van der Waals surface area contributed by atoms with E-state index in [0.29, 0.717) is 24.3 Å². The molecule has 2 heterocycles. The molecule has 2 atom stereocenters. The van der Waals surface area contributed by atoms with Gasteiger partial charge in [-0.25, -0.2) is 4.79 Å². The molecule has 2 aromatic heterocycles. The number of aliphatic carboxylic acids is 1. The van der Waals surface area contributed by atoms with Gasteiger partial charge in [-0.1, -0.05) is 36.4 Å². The second kappa shape index (κ2) is 10.6. The fourth-order valence-corrected chi connectivity index (χ4v) is 4.71. The molecule has 3 aromatic carbocycles. The maximum Gasteiger partial charge on any atom is 0.328 e. The summed E-state index contributed by atoms with van der Waals surface area (Å²) < 4.78 is 8.90. The van der Waals surface area contributed by atoms with E-state index in [1.54, 1.807) is 47.5 Å². The zero-order valence-electron chi connectivity index (χ0n) is 21.2. The molecule has 0 bridgehead atoms. The fraction of sp³-hybridized carbons (Fsp3) is 0.241. The highest BCUT2D eigenvalue weighted by atomic mass is 16.5. The number of nitrogens with zero attached hydrogens (tertiary/aromatic N) is 2. The second-order valence-electron chi connectivity index (χ2n) is 9.45. The zero-order chi connectivity index (χ0) is 26.8. The van der Waals surface area contributed by atoms with E-state index >= 15 is 0 Å². The number of H-pyrrole nitrogens is 1. The number of aromatic amines is 1. The van der Waals surface area contributed by atoms with Crippen LogP contribution in [0.5, 0.6) is 5.75 Å². The SMILES string of the molecule is Cn1c(=O)n(C)c2cc([C@H](O)COc3ccc(CN[C@@H](Cc4c[nH]c5ccccc45)C(=O)O)cc3)ccc21. The Kier molecular flexibility index (Phi) is 7.04. The summed E-state index contributed by atoms with van der Waals surface area (Å²) in [5, 5.41) is 24.5. The van der Waals surface area contributed by atoms with Gasteiger partial charge >= 0.3 is 11.7 Å². The number of carbonyl (C=O) groups is 1. The molecule has 0 aliphatic heterocycles. The molecule has 9 nitrogen and oxygen atoms in total. The molecule has 38 heavy (non-hydrogen) atoms. The molecule has 0 spiro atoms. The number of fused-ring (bicyclic) bond motifs is 2. The van der Waals surface area contributed by atoms with Crippen LogP contribution in [0.4, 0.5) is 0 Å². The number of imidazole rings is 1. The van der Waals surface area contributed by atoms with Crippen molar-refractivity contribution in [2.75, 3.05) is 6.61 Å². The average molecular weight is 515 g/mol. The summed E-state index contributed by atoms with van der Waals surface area (Å²) in [6, 6.07) is 19.8. The normalized spacial score (nSPS) is 13.1. The van der Waals surface area contributed by atoms with E-state index in [-0.39, 0.29) is 12.3 Å². The Morgan fingerprint density at radius 3 is 2.53 bits per heavy atom. The summed E-state index contributed by atoms with van der Waals surface area (Å²) in [6.07, 6.45) is 1.36. The molecule has 196 valence electrons. The lowest BCUT2D eigenvalue weighted by Gasteiger charge is -2.15. The minimum atomic E-state index is -0.905. The van der Waals surface area contributed by atoms with E-state index in [1.807, 2.05) is 48.7 Å². The van der Waals surface area contributed by atoms with Gasteiger partial charge in [-0.3, -0.25) is 13.9 Å². The number of aliphatic hydroxyl groups is 1. The number of ether oxygens (including phenoxy) is 1. The Labute approximate surface area is 218 Å². The average Bonchev–Trinajstić information content (AvgIpc) is 3.44. The predicted octanol–water partition coefficient (Wildman–Crippen LogP) is 3.26. The van der Waals surface area contributed by atoms with Crippen molar-refractivity contribution in [1.29, 1.82) is 0 Å². The molecular formula is C29H30N4O5. The van der Waals surface area contributed by atoms with Crippen molar-refractivity contribution in [2.24, 2.45) is 14.1 Å². The summed E-state index contributed by atoms with van der Waals surface area (Å²) in [6.45, 7) is 0.438. The van der Waals surface area contributed by atoms with Crippen molar-refractivity contribution in [3.8, 4) is 5.75 Å². The van der Waals surface area contributed by atoms with E-state index in [9.17, 15) is 19.8 Å². The summed E-state index contributed by atoms with van der Waals surface area (Å²) in [5.41, 5.74) is 4.94. The van der Waals surface area contributed by atoms with E-state index in [2.05, 4.69) is 10.3 Å².